The number of nitrogens with zero attached hydrogens (tertiary/aromatic N) is 3. The fourth-order valence-corrected chi connectivity index (χ4v) is 3.20. The Morgan fingerprint density at radius 2 is 2.16 bits per heavy atom. The predicted molar refractivity (Wildman–Crippen MR) is 91.8 cm³/mol. The predicted octanol–water partition coefficient (Wildman–Crippen LogP) is 2.92. The van der Waals surface area contributed by atoms with E-state index < -0.39 is 6.09 Å². The Kier molecular flexibility index (Phi) is 4.13. The van der Waals surface area contributed by atoms with Crippen molar-refractivity contribution >= 4 is 11.9 Å². The van der Waals surface area contributed by atoms with E-state index in [1.807, 2.05) is 30.3 Å². The van der Waals surface area contributed by atoms with Crippen LogP contribution in [0.1, 0.15) is 31.2 Å². The molecule has 1 atom stereocenters. The molecular formula is C18H20N4O3. The number of benzene rings is 1. The molecule has 1 unspecified atom stereocenters. The van der Waals surface area contributed by atoms with Gasteiger partial charge in [0.2, 0.25) is 5.89 Å². The lowest BCUT2D eigenvalue weighted by atomic mass is 10.1. The maximum Gasteiger partial charge on any atom is 0.428 e. The maximum atomic E-state index is 11.4. The number of amidine groups is 1. The molecule has 7 nitrogen and oxygen atoms in total. The summed E-state index contributed by atoms with van der Waals surface area (Å²) < 4.78 is 11.4. The average Bonchev–Trinajstić information content (AvgIpc) is 3.06. The number of carbonyl (C=O) groups excluding carboxylic acids is 1. The second kappa shape index (κ2) is 6.58. The number of cyclic esters (lactones) is 1. The van der Waals surface area contributed by atoms with Gasteiger partial charge in [-0.05, 0) is 18.6 Å². The van der Waals surface area contributed by atoms with Crippen LogP contribution in [0.4, 0.5) is 4.79 Å². The number of nitrogens with one attached hydrogen (secondary N) is 1. The van der Waals surface area contributed by atoms with Gasteiger partial charge in [-0.2, -0.15) is 5.10 Å². The maximum absolute atomic E-state index is 11.4. The van der Waals surface area contributed by atoms with E-state index in [-0.39, 0.29) is 6.10 Å². The van der Waals surface area contributed by atoms with Crippen LogP contribution in [0.15, 0.2) is 39.9 Å². The number of hydrogen-bond donors (Lipinski definition) is 1. The zero-order valence-electron chi connectivity index (χ0n) is 14.1. The van der Waals surface area contributed by atoms with E-state index in [1.165, 1.54) is 0 Å². The number of rotatable bonds is 3. The Morgan fingerprint density at radius 1 is 1.32 bits per heavy atom. The molecule has 0 radical (unpaired) electrons. The third-order valence-corrected chi connectivity index (χ3v) is 4.43. The summed E-state index contributed by atoms with van der Waals surface area (Å²) in [6.45, 7) is 3.41. The Morgan fingerprint density at radius 3 is 2.96 bits per heavy atom. The van der Waals surface area contributed by atoms with Crippen LogP contribution in [0.2, 0.25) is 0 Å². The quantitative estimate of drug-likeness (QED) is 0.929. The van der Waals surface area contributed by atoms with Crippen LogP contribution in [0, 0.1) is 0 Å². The molecule has 2 aliphatic rings. The molecule has 130 valence electrons. The van der Waals surface area contributed by atoms with Gasteiger partial charge in [-0.3, -0.25) is 0 Å². The summed E-state index contributed by atoms with van der Waals surface area (Å²) in [5, 5.41) is 4.23. The van der Waals surface area contributed by atoms with Crippen LogP contribution >= 0.6 is 0 Å². The number of ether oxygens (including phenoxy) is 1. The average molecular weight is 340 g/mol. The highest BCUT2D eigenvalue weighted by atomic mass is 16.6. The molecule has 0 spiro atoms. The summed E-state index contributed by atoms with van der Waals surface area (Å²) >= 11 is 0. The van der Waals surface area contributed by atoms with E-state index in [0.29, 0.717) is 12.4 Å². The molecule has 0 bridgehead atoms. The lowest BCUT2D eigenvalue weighted by Gasteiger charge is -2.33. The zero-order valence-corrected chi connectivity index (χ0v) is 14.1. The minimum Gasteiger partial charge on any atom is -0.439 e. The van der Waals surface area contributed by atoms with Crippen molar-refractivity contribution in [2.24, 2.45) is 5.10 Å². The normalized spacial score (nSPS) is 19.7. The monoisotopic (exact) mass is 340 g/mol. The van der Waals surface area contributed by atoms with Crippen molar-refractivity contribution in [3.05, 3.63) is 41.8 Å². The molecule has 0 fully saturated rings. The summed E-state index contributed by atoms with van der Waals surface area (Å²) in [6.07, 6.45) is 1.64. The molecule has 1 aromatic heterocycles. The molecule has 1 aromatic carbocycles. The van der Waals surface area contributed by atoms with E-state index in [2.05, 4.69) is 27.3 Å². The van der Waals surface area contributed by atoms with Crippen molar-refractivity contribution in [1.29, 1.82) is 0 Å². The summed E-state index contributed by atoms with van der Waals surface area (Å²) in [5.74, 6) is 2.25. The first-order valence-corrected chi connectivity index (χ1v) is 8.57. The third kappa shape index (κ3) is 3.09. The number of carbonyl (C=O) groups is 1. The minimum absolute atomic E-state index is 0.309. The first kappa shape index (κ1) is 15.7. The van der Waals surface area contributed by atoms with Gasteiger partial charge in [-0.1, -0.05) is 31.5 Å². The minimum atomic E-state index is -0.495. The molecule has 0 saturated heterocycles. The zero-order chi connectivity index (χ0) is 17.2. The van der Waals surface area contributed by atoms with Gasteiger partial charge in [0.25, 0.3) is 0 Å². The van der Waals surface area contributed by atoms with Crippen LogP contribution in [-0.4, -0.2) is 34.5 Å². The Hall–Kier alpha value is -2.83. The van der Waals surface area contributed by atoms with Crippen molar-refractivity contribution in [1.82, 2.24) is 15.3 Å². The van der Waals surface area contributed by atoms with E-state index in [1.54, 1.807) is 0 Å². The van der Waals surface area contributed by atoms with Gasteiger partial charge in [-0.25, -0.2) is 15.2 Å². The van der Waals surface area contributed by atoms with Crippen LogP contribution in [0.25, 0.3) is 11.5 Å². The molecule has 25 heavy (non-hydrogen) atoms. The molecule has 0 aliphatic carbocycles. The van der Waals surface area contributed by atoms with Gasteiger partial charge in [0, 0.05) is 18.5 Å². The van der Waals surface area contributed by atoms with Crippen molar-refractivity contribution in [3.63, 3.8) is 0 Å². The highest BCUT2D eigenvalue weighted by molar-refractivity contribution is 5.91. The van der Waals surface area contributed by atoms with Crippen LogP contribution in [0.3, 0.4) is 0 Å². The van der Waals surface area contributed by atoms with Crippen molar-refractivity contribution in [2.45, 2.75) is 38.8 Å². The summed E-state index contributed by atoms with van der Waals surface area (Å²) in [5.41, 5.74) is 4.37. The van der Waals surface area contributed by atoms with Gasteiger partial charge >= 0.3 is 6.09 Å². The number of hydrazone groups is 1. The molecule has 1 amide bonds. The summed E-state index contributed by atoms with van der Waals surface area (Å²) in [4.78, 5) is 18.2. The highest BCUT2D eigenvalue weighted by Gasteiger charge is 2.32. The van der Waals surface area contributed by atoms with Crippen LogP contribution < -0.4 is 5.43 Å². The second-order valence-corrected chi connectivity index (χ2v) is 6.19. The molecule has 1 N–H and O–H groups in total. The Bertz CT molecular complexity index is 800. The van der Waals surface area contributed by atoms with E-state index >= 15 is 0 Å². The number of hydrogen-bond acceptors (Lipinski definition) is 6. The van der Waals surface area contributed by atoms with E-state index in [4.69, 9.17) is 9.15 Å². The Balaban J connectivity index is 1.56. The van der Waals surface area contributed by atoms with Crippen molar-refractivity contribution < 1.29 is 13.9 Å². The smallest absolute Gasteiger partial charge is 0.428 e. The molecule has 0 saturated carbocycles. The summed E-state index contributed by atoms with van der Waals surface area (Å²) in [6, 6.07) is 9.88. The molecule has 4 rings (SSSR count). The Labute approximate surface area is 145 Å². The van der Waals surface area contributed by atoms with Gasteiger partial charge in [0.1, 0.15) is 5.76 Å². The second-order valence-electron chi connectivity index (χ2n) is 6.19. The standard InChI is InChI=1S/C18H20N4O3/c1-2-6-14-16(20-21-18(23)25-14)22-10-9-13-15(11-22)24-17(19-13)12-7-4-3-5-8-12/h3-5,7-8,14H,2,6,9-11H2,1H3,(H,21,23). The third-order valence-electron chi connectivity index (χ3n) is 4.43. The first-order chi connectivity index (χ1) is 12.2. The number of aromatic nitrogens is 1. The molecule has 2 aliphatic heterocycles. The first-order valence-electron chi connectivity index (χ1n) is 8.57. The van der Waals surface area contributed by atoms with Gasteiger partial charge < -0.3 is 14.1 Å². The van der Waals surface area contributed by atoms with Gasteiger partial charge in [-0.15, -0.1) is 0 Å². The van der Waals surface area contributed by atoms with Crippen molar-refractivity contribution in [3.8, 4) is 11.5 Å². The summed E-state index contributed by atoms with van der Waals surface area (Å²) in [7, 11) is 0. The lowest BCUT2D eigenvalue weighted by Crippen LogP contribution is -2.48. The highest BCUT2D eigenvalue weighted by Crippen LogP contribution is 2.27. The largest absolute Gasteiger partial charge is 0.439 e. The van der Waals surface area contributed by atoms with Gasteiger partial charge in [0.15, 0.2) is 11.9 Å². The van der Waals surface area contributed by atoms with Crippen molar-refractivity contribution in [2.75, 3.05) is 6.54 Å². The molecule has 7 heteroatoms. The fraction of sp³-hybridized carbons (Fsp3) is 0.389. The number of amides is 1. The molecular weight excluding hydrogens is 320 g/mol. The lowest BCUT2D eigenvalue weighted by molar-refractivity contribution is 0.106. The van der Waals surface area contributed by atoms with E-state index in [9.17, 15) is 4.79 Å². The van der Waals surface area contributed by atoms with Crippen LogP contribution in [-0.2, 0) is 17.7 Å². The number of fused-ring (bicyclic) bond motifs is 1. The van der Waals surface area contributed by atoms with Crippen LogP contribution in [0.5, 0.6) is 0 Å². The van der Waals surface area contributed by atoms with E-state index in [0.717, 1.165) is 48.7 Å². The fourth-order valence-electron chi connectivity index (χ4n) is 3.20. The SMILES string of the molecule is CCCC1OC(=O)NN=C1N1CCc2nc(-c3ccccc3)oc2C1. The van der Waals surface area contributed by atoms with Gasteiger partial charge in [0.05, 0.1) is 12.2 Å². The topological polar surface area (TPSA) is 80.0 Å². The molecule has 3 heterocycles. The number of oxazole rings is 1. The molecule has 2 aromatic rings.